The topological polar surface area (TPSA) is 114 Å². The van der Waals surface area contributed by atoms with Crippen LogP contribution < -0.4 is 0 Å². The van der Waals surface area contributed by atoms with Gasteiger partial charge in [0, 0.05) is 27.2 Å². The van der Waals surface area contributed by atoms with Crippen molar-refractivity contribution in [2.24, 2.45) is 0 Å². The van der Waals surface area contributed by atoms with E-state index in [-0.39, 0.29) is 5.89 Å². The maximum Gasteiger partial charge on any atom is 0.305 e. The molecule has 9 heteroatoms. The summed E-state index contributed by atoms with van der Waals surface area (Å²) in [6, 6.07) is 0. The average molecular weight is 341 g/mol. The van der Waals surface area contributed by atoms with Crippen molar-refractivity contribution in [1.29, 1.82) is 0 Å². The zero-order valence-electron chi connectivity index (χ0n) is 13.8. The minimum Gasteiger partial charge on any atom is -0.455 e. The van der Waals surface area contributed by atoms with Crippen LogP contribution in [0.5, 0.6) is 0 Å². The van der Waals surface area contributed by atoms with Gasteiger partial charge in [0.15, 0.2) is 12.2 Å². The van der Waals surface area contributed by atoms with Crippen molar-refractivity contribution in [3.05, 3.63) is 17.8 Å². The summed E-state index contributed by atoms with van der Waals surface area (Å²) >= 11 is 0. The van der Waals surface area contributed by atoms with Gasteiger partial charge in [-0.3, -0.25) is 14.4 Å². The number of carbonyl (C=O) groups excluding carboxylic acids is 3. The summed E-state index contributed by atoms with van der Waals surface area (Å²) in [7, 11) is 0. The Morgan fingerprint density at radius 1 is 1.04 bits per heavy atom. The lowest BCUT2D eigenvalue weighted by atomic mass is 10.1. The van der Waals surface area contributed by atoms with Gasteiger partial charge in [-0.1, -0.05) is 6.92 Å². The fourth-order valence-electron chi connectivity index (χ4n) is 2.34. The number of aromatic nitrogens is 1. The Morgan fingerprint density at radius 3 is 2.12 bits per heavy atom. The Labute approximate surface area is 138 Å². The Bertz CT molecular complexity index is 625. The first kappa shape index (κ1) is 17.9. The van der Waals surface area contributed by atoms with E-state index in [9.17, 15) is 14.4 Å². The fourth-order valence-corrected chi connectivity index (χ4v) is 2.34. The number of carbonyl (C=O) groups is 3. The zero-order valence-corrected chi connectivity index (χ0v) is 13.8. The van der Waals surface area contributed by atoms with E-state index in [0.29, 0.717) is 12.2 Å². The van der Waals surface area contributed by atoms with Crippen LogP contribution in [0.25, 0.3) is 0 Å². The Morgan fingerprint density at radius 2 is 1.62 bits per heavy atom. The molecule has 1 aromatic rings. The molecule has 1 aromatic heterocycles. The molecule has 0 radical (unpaired) electrons. The van der Waals surface area contributed by atoms with Gasteiger partial charge in [-0.2, -0.15) is 0 Å². The van der Waals surface area contributed by atoms with Crippen molar-refractivity contribution in [2.45, 2.75) is 58.7 Å². The summed E-state index contributed by atoms with van der Waals surface area (Å²) in [5.74, 6) is -1.14. The Balaban J connectivity index is 2.34. The van der Waals surface area contributed by atoms with Crippen molar-refractivity contribution < 1.29 is 37.7 Å². The molecule has 0 aromatic carbocycles. The molecule has 1 fully saturated rings. The molecule has 132 valence electrons. The van der Waals surface area contributed by atoms with Crippen LogP contribution in [0.3, 0.4) is 0 Å². The van der Waals surface area contributed by atoms with Crippen LogP contribution in [0.4, 0.5) is 0 Å². The third-order valence-electron chi connectivity index (χ3n) is 3.22. The van der Waals surface area contributed by atoms with Gasteiger partial charge in [0.1, 0.15) is 5.76 Å². The van der Waals surface area contributed by atoms with Gasteiger partial charge >= 0.3 is 17.9 Å². The van der Waals surface area contributed by atoms with E-state index < -0.39 is 42.5 Å². The molecule has 1 aliphatic rings. The first-order valence-electron chi connectivity index (χ1n) is 7.43. The van der Waals surface area contributed by atoms with Crippen LogP contribution in [0.1, 0.15) is 45.4 Å². The summed E-state index contributed by atoms with van der Waals surface area (Å²) < 4.78 is 26.5. The summed E-state index contributed by atoms with van der Waals surface area (Å²) in [6.07, 6.45) is -2.26. The maximum absolute atomic E-state index is 11.4. The Hall–Kier alpha value is -2.42. The second kappa shape index (κ2) is 7.43. The van der Waals surface area contributed by atoms with Crippen LogP contribution in [-0.2, 0) is 39.8 Å². The molecule has 2 rings (SSSR count). The molecular weight excluding hydrogens is 322 g/mol. The SMILES string of the molecule is CCc1cnc(C2OC(OC(C)=O)C(OC(C)=O)C2OC(C)=O)o1. The zero-order chi connectivity index (χ0) is 17.9. The second-order valence-corrected chi connectivity index (χ2v) is 5.20. The van der Waals surface area contributed by atoms with E-state index in [2.05, 4.69) is 4.98 Å². The Kier molecular flexibility index (Phi) is 5.55. The van der Waals surface area contributed by atoms with Crippen LogP contribution >= 0.6 is 0 Å². The average Bonchev–Trinajstić information content (AvgIpc) is 3.05. The minimum absolute atomic E-state index is 0.143. The van der Waals surface area contributed by atoms with Crippen molar-refractivity contribution in [3.63, 3.8) is 0 Å². The first-order chi connectivity index (χ1) is 11.3. The van der Waals surface area contributed by atoms with E-state index in [1.165, 1.54) is 27.0 Å². The molecule has 0 saturated carbocycles. The molecule has 9 nitrogen and oxygen atoms in total. The molecule has 0 N–H and O–H groups in total. The first-order valence-corrected chi connectivity index (χ1v) is 7.43. The molecule has 0 spiro atoms. The van der Waals surface area contributed by atoms with E-state index in [1.807, 2.05) is 6.92 Å². The van der Waals surface area contributed by atoms with Gasteiger partial charge in [-0.15, -0.1) is 0 Å². The number of esters is 3. The van der Waals surface area contributed by atoms with Gasteiger partial charge in [0.05, 0.1) is 6.20 Å². The molecular formula is C15H19NO8. The van der Waals surface area contributed by atoms with E-state index in [0.717, 1.165) is 0 Å². The molecule has 0 aliphatic carbocycles. The highest BCUT2D eigenvalue weighted by Crippen LogP contribution is 2.37. The smallest absolute Gasteiger partial charge is 0.305 e. The predicted octanol–water partition coefficient (Wildman–Crippen LogP) is 1.06. The third-order valence-corrected chi connectivity index (χ3v) is 3.22. The molecule has 0 amide bonds. The van der Waals surface area contributed by atoms with Gasteiger partial charge in [0.25, 0.3) is 0 Å². The summed E-state index contributed by atoms with van der Waals surface area (Å²) in [5.41, 5.74) is 0. The van der Waals surface area contributed by atoms with Crippen LogP contribution in [0.2, 0.25) is 0 Å². The van der Waals surface area contributed by atoms with E-state index >= 15 is 0 Å². The summed E-state index contributed by atoms with van der Waals surface area (Å²) in [4.78, 5) is 38.1. The highest BCUT2D eigenvalue weighted by atomic mass is 16.7. The molecule has 4 atom stereocenters. The van der Waals surface area contributed by atoms with Crippen molar-refractivity contribution in [3.8, 4) is 0 Å². The highest BCUT2D eigenvalue weighted by molar-refractivity contribution is 5.68. The molecule has 4 unspecified atom stereocenters. The molecule has 1 saturated heterocycles. The van der Waals surface area contributed by atoms with Gasteiger partial charge in [0.2, 0.25) is 18.3 Å². The number of ether oxygens (including phenoxy) is 4. The number of nitrogens with zero attached hydrogens (tertiary/aromatic N) is 1. The standard InChI is InChI=1S/C15H19NO8/c1-5-10-6-16-14(23-10)12-11(20-7(2)17)13(21-8(3)18)15(24-12)22-9(4)19/h6,11-13,15H,5H2,1-4H3. The van der Waals surface area contributed by atoms with Crippen molar-refractivity contribution in [1.82, 2.24) is 4.98 Å². The number of hydrogen-bond acceptors (Lipinski definition) is 9. The summed E-state index contributed by atoms with van der Waals surface area (Å²) in [5, 5.41) is 0. The molecule has 1 aliphatic heterocycles. The van der Waals surface area contributed by atoms with E-state index in [1.54, 1.807) is 0 Å². The second-order valence-electron chi connectivity index (χ2n) is 5.20. The molecule has 24 heavy (non-hydrogen) atoms. The van der Waals surface area contributed by atoms with Crippen molar-refractivity contribution in [2.75, 3.05) is 0 Å². The van der Waals surface area contributed by atoms with Crippen LogP contribution in [0.15, 0.2) is 10.6 Å². The maximum atomic E-state index is 11.4. The fraction of sp³-hybridized carbons (Fsp3) is 0.600. The predicted molar refractivity (Wildman–Crippen MR) is 76.4 cm³/mol. The monoisotopic (exact) mass is 341 g/mol. The minimum atomic E-state index is -1.24. The number of rotatable bonds is 5. The lowest BCUT2D eigenvalue weighted by Gasteiger charge is -2.22. The quantitative estimate of drug-likeness (QED) is 0.572. The lowest BCUT2D eigenvalue weighted by Crippen LogP contribution is -2.39. The van der Waals surface area contributed by atoms with E-state index in [4.69, 9.17) is 23.4 Å². The van der Waals surface area contributed by atoms with Crippen molar-refractivity contribution >= 4 is 17.9 Å². The van der Waals surface area contributed by atoms with Crippen LogP contribution in [0, 0.1) is 0 Å². The lowest BCUT2D eigenvalue weighted by molar-refractivity contribution is -0.196. The van der Waals surface area contributed by atoms with Gasteiger partial charge < -0.3 is 23.4 Å². The number of oxazole rings is 1. The third kappa shape index (κ3) is 4.10. The van der Waals surface area contributed by atoms with Gasteiger partial charge in [-0.25, -0.2) is 4.98 Å². The van der Waals surface area contributed by atoms with Crippen LogP contribution in [-0.4, -0.2) is 41.4 Å². The summed E-state index contributed by atoms with van der Waals surface area (Å²) in [6.45, 7) is 5.45. The largest absolute Gasteiger partial charge is 0.455 e. The van der Waals surface area contributed by atoms with Gasteiger partial charge in [-0.05, 0) is 0 Å². The molecule has 2 heterocycles. The normalized spacial score (nSPS) is 26.0. The molecule has 0 bridgehead atoms. The highest BCUT2D eigenvalue weighted by Gasteiger charge is 2.53. The number of aryl methyl sites for hydroxylation is 1. The number of hydrogen-bond donors (Lipinski definition) is 0.